The highest BCUT2D eigenvalue weighted by molar-refractivity contribution is 5.95. The molecule has 1 amide bonds. The molecular weight excluding hydrogens is 472 g/mol. The summed E-state index contributed by atoms with van der Waals surface area (Å²) in [6, 6.07) is 4.34. The van der Waals surface area contributed by atoms with Crippen molar-refractivity contribution in [1.82, 2.24) is 9.80 Å². The molecule has 0 spiro atoms. The Kier molecular flexibility index (Phi) is 9.51. The van der Waals surface area contributed by atoms with Gasteiger partial charge in [0, 0.05) is 50.1 Å². The van der Waals surface area contributed by atoms with Crippen molar-refractivity contribution in [2.45, 2.75) is 84.1 Å². The molecular formula is C29H44N2O6. The summed E-state index contributed by atoms with van der Waals surface area (Å²) in [5.74, 6) is 1.23. The van der Waals surface area contributed by atoms with E-state index in [4.69, 9.17) is 18.9 Å². The number of ether oxygens (including phenoxy) is 4. The van der Waals surface area contributed by atoms with E-state index in [1.54, 1.807) is 25.3 Å². The summed E-state index contributed by atoms with van der Waals surface area (Å²) in [5, 5.41) is 0. The highest BCUT2D eigenvalue weighted by Gasteiger charge is 2.38. The molecule has 8 heteroatoms. The van der Waals surface area contributed by atoms with Gasteiger partial charge in [0.25, 0.3) is 0 Å². The fourth-order valence-corrected chi connectivity index (χ4v) is 5.16. The molecule has 1 aliphatic heterocycles. The smallest absolute Gasteiger partial charge is 0.410 e. The second-order valence-corrected chi connectivity index (χ2v) is 11.3. The molecule has 1 aliphatic carbocycles. The number of carbonyl (C=O) groups is 2. The first-order valence-corrected chi connectivity index (χ1v) is 13.3. The van der Waals surface area contributed by atoms with E-state index in [1.807, 2.05) is 25.7 Å². The molecule has 3 rings (SSSR count). The number of amides is 1. The van der Waals surface area contributed by atoms with Gasteiger partial charge in [-0.1, -0.05) is 12.7 Å². The molecule has 2 fully saturated rings. The molecule has 206 valence electrons. The van der Waals surface area contributed by atoms with Crippen molar-refractivity contribution in [3.63, 3.8) is 0 Å². The van der Waals surface area contributed by atoms with Gasteiger partial charge >= 0.3 is 12.1 Å². The van der Waals surface area contributed by atoms with Crippen LogP contribution in [0.15, 0.2) is 18.7 Å². The van der Waals surface area contributed by atoms with E-state index < -0.39 is 11.6 Å². The van der Waals surface area contributed by atoms with Crippen molar-refractivity contribution in [3.8, 4) is 11.5 Å². The number of hydrogen-bond donors (Lipinski definition) is 0. The molecule has 8 nitrogen and oxygen atoms in total. The average Bonchev–Trinajstić information content (AvgIpc) is 2.82. The molecule has 0 atom stereocenters. The van der Waals surface area contributed by atoms with Gasteiger partial charge in [-0.25, -0.2) is 9.59 Å². The topological polar surface area (TPSA) is 77.5 Å². The molecule has 1 aromatic rings. The number of esters is 1. The summed E-state index contributed by atoms with van der Waals surface area (Å²) < 4.78 is 22.3. The third-order valence-corrected chi connectivity index (χ3v) is 7.20. The van der Waals surface area contributed by atoms with Crippen LogP contribution >= 0.6 is 0 Å². The van der Waals surface area contributed by atoms with Crippen LogP contribution in [0.1, 0.15) is 76.2 Å². The maximum Gasteiger partial charge on any atom is 0.410 e. The zero-order valence-electron chi connectivity index (χ0n) is 23.5. The van der Waals surface area contributed by atoms with Gasteiger partial charge in [0.15, 0.2) is 11.5 Å². The van der Waals surface area contributed by atoms with Crippen molar-refractivity contribution in [2.24, 2.45) is 5.92 Å². The molecule has 2 aliphatic rings. The Morgan fingerprint density at radius 3 is 2.32 bits per heavy atom. The fraction of sp³-hybridized carbons (Fsp3) is 0.655. The fourth-order valence-electron chi connectivity index (χ4n) is 5.16. The van der Waals surface area contributed by atoms with Crippen LogP contribution in [0.5, 0.6) is 11.5 Å². The standard InChI is InChI=1S/C29H44N2O6/c1-9-23-24(27(32)35-8)10-11-25(26(23)34-7)36-22-16-21(17-22)31(19(2)3)18-20-12-14-30(15-13-20)28(33)37-29(4,5)6/h9-11,19-22H,1,12-18H2,2-8H3. The number of nitrogens with zero attached hydrogens (tertiary/aromatic N) is 2. The largest absolute Gasteiger partial charge is 0.492 e. The van der Waals surface area contributed by atoms with Crippen molar-refractivity contribution >= 4 is 18.1 Å². The second kappa shape index (κ2) is 12.2. The molecule has 1 saturated carbocycles. The summed E-state index contributed by atoms with van der Waals surface area (Å²) in [5.41, 5.74) is 0.507. The molecule has 1 saturated heterocycles. The molecule has 0 N–H and O–H groups in total. The molecule has 0 aromatic heterocycles. The lowest BCUT2D eigenvalue weighted by molar-refractivity contribution is -0.0141. The first kappa shape index (κ1) is 28.8. The van der Waals surface area contributed by atoms with Crippen LogP contribution < -0.4 is 9.47 Å². The Morgan fingerprint density at radius 2 is 1.81 bits per heavy atom. The van der Waals surface area contributed by atoms with E-state index in [0.29, 0.717) is 40.6 Å². The first-order chi connectivity index (χ1) is 17.5. The van der Waals surface area contributed by atoms with E-state index in [1.165, 1.54) is 7.11 Å². The van der Waals surface area contributed by atoms with Crippen molar-refractivity contribution < 1.29 is 28.5 Å². The summed E-state index contributed by atoms with van der Waals surface area (Å²) in [4.78, 5) is 28.9. The van der Waals surface area contributed by atoms with Crippen LogP contribution in [0, 0.1) is 5.92 Å². The minimum Gasteiger partial charge on any atom is -0.492 e. The number of rotatable bonds is 9. The van der Waals surface area contributed by atoms with E-state index in [0.717, 1.165) is 45.3 Å². The number of piperidine rings is 1. The SMILES string of the molecule is C=Cc1c(C(=O)OC)ccc(OC2CC(N(CC3CCN(C(=O)OC(C)(C)C)CC3)C(C)C)C2)c1OC. The maximum absolute atomic E-state index is 12.4. The van der Waals surface area contributed by atoms with Gasteiger partial charge < -0.3 is 23.8 Å². The Bertz CT molecular complexity index is 956. The zero-order valence-corrected chi connectivity index (χ0v) is 23.5. The summed E-state index contributed by atoms with van der Waals surface area (Å²) in [7, 11) is 2.92. The van der Waals surface area contributed by atoms with Gasteiger partial charge in [-0.2, -0.15) is 0 Å². The number of likely N-dealkylation sites (tertiary alicyclic amines) is 1. The molecule has 37 heavy (non-hydrogen) atoms. The molecule has 1 heterocycles. The van der Waals surface area contributed by atoms with E-state index in [9.17, 15) is 9.59 Å². The van der Waals surface area contributed by atoms with Crippen LogP contribution in [-0.2, 0) is 9.47 Å². The Morgan fingerprint density at radius 1 is 1.16 bits per heavy atom. The van der Waals surface area contributed by atoms with Crippen molar-refractivity contribution in [2.75, 3.05) is 33.9 Å². The minimum absolute atomic E-state index is 0.0795. The van der Waals surface area contributed by atoms with Gasteiger partial charge in [-0.15, -0.1) is 0 Å². The van der Waals surface area contributed by atoms with Crippen LogP contribution in [0.3, 0.4) is 0 Å². The molecule has 1 aromatic carbocycles. The van der Waals surface area contributed by atoms with Crippen molar-refractivity contribution in [1.29, 1.82) is 0 Å². The van der Waals surface area contributed by atoms with E-state index in [2.05, 4.69) is 25.3 Å². The zero-order chi connectivity index (χ0) is 27.3. The third-order valence-electron chi connectivity index (χ3n) is 7.20. The monoisotopic (exact) mass is 516 g/mol. The van der Waals surface area contributed by atoms with Crippen LogP contribution in [0.4, 0.5) is 4.79 Å². The van der Waals surface area contributed by atoms with Gasteiger partial charge in [0.1, 0.15) is 11.7 Å². The number of benzene rings is 1. The maximum atomic E-state index is 12.4. The summed E-state index contributed by atoms with van der Waals surface area (Å²) in [6.07, 6.45) is 5.30. The lowest BCUT2D eigenvalue weighted by Crippen LogP contribution is -2.54. The van der Waals surface area contributed by atoms with Crippen LogP contribution in [0.25, 0.3) is 6.08 Å². The number of hydrogen-bond acceptors (Lipinski definition) is 7. The number of methoxy groups -OCH3 is 2. The second-order valence-electron chi connectivity index (χ2n) is 11.3. The molecule has 0 bridgehead atoms. The van der Waals surface area contributed by atoms with Crippen LogP contribution in [0.2, 0.25) is 0 Å². The highest BCUT2D eigenvalue weighted by Crippen LogP contribution is 2.39. The van der Waals surface area contributed by atoms with E-state index in [-0.39, 0.29) is 12.2 Å². The van der Waals surface area contributed by atoms with Crippen molar-refractivity contribution in [3.05, 3.63) is 29.8 Å². The lowest BCUT2D eigenvalue weighted by Gasteiger charge is -2.46. The third kappa shape index (κ3) is 7.18. The average molecular weight is 517 g/mol. The van der Waals surface area contributed by atoms with Gasteiger partial charge in [0.2, 0.25) is 0 Å². The predicted octanol–water partition coefficient (Wildman–Crippen LogP) is 5.39. The number of carbonyl (C=O) groups excluding carboxylic acids is 2. The lowest BCUT2D eigenvalue weighted by atomic mass is 9.85. The highest BCUT2D eigenvalue weighted by atomic mass is 16.6. The van der Waals surface area contributed by atoms with Gasteiger partial charge in [-0.05, 0) is 65.5 Å². The minimum atomic E-state index is -0.466. The van der Waals surface area contributed by atoms with Gasteiger partial charge in [-0.3, -0.25) is 4.90 Å². The predicted molar refractivity (Wildman–Crippen MR) is 144 cm³/mol. The molecule has 0 radical (unpaired) electrons. The Hall–Kier alpha value is -2.74. The Balaban J connectivity index is 1.55. The first-order valence-electron chi connectivity index (χ1n) is 13.3. The summed E-state index contributed by atoms with van der Waals surface area (Å²) >= 11 is 0. The normalized spacial score (nSPS) is 20.4. The van der Waals surface area contributed by atoms with Gasteiger partial charge in [0.05, 0.1) is 19.8 Å². The van der Waals surface area contributed by atoms with Crippen LogP contribution in [-0.4, -0.2) is 79.5 Å². The van der Waals surface area contributed by atoms with E-state index >= 15 is 0 Å². The quantitative estimate of drug-likeness (QED) is 0.407. The Labute approximate surface area is 221 Å². The summed E-state index contributed by atoms with van der Waals surface area (Å²) in [6.45, 7) is 16.5. The molecule has 0 unspecified atom stereocenters.